The summed E-state index contributed by atoms with van der Waals surface area (Å²) in [7, 11) is 2.07. The van der Waals surface area contributed by atoms with Crippen LogP contribution in [0.25, 0.3) is 0 Å². The number of likely N-dealkylation sites (tertiary alicyclic amines) is 1. The summed E-state index contributed by atoms with van der Waals surface area (Å²) < 4.78 is 0. The minimum Gasteiger partial charge on any atom is -0.395 e. The molecule has 1 aliphatic rings. The fourth-order valence-corrected chi connectivity index (χ4v) is 2.20. The van der Waals surface area contributed by atoms with Crippen molar-refractivity contribution < 1.29 is 5.11 Å². The van der Waals surface area contributed by atoms with E-state index >= 15 is 0 Å². The van der Waals surface area contributed by atoms with Gasteiger partial charge in [0.2, 0.25) is 0 Å². The van der Waals surface area contributed by atoms with E-state index in [1.54, 1.807) is 12.4 Å². The van der Waals surface area contributed by atoms with Crippen molar-refractivity contribution in [3.63, 3.8) is 0 Å². The van der Waals surface area contributed by atoms with Crippen molar-refractivity contribution in [2.75, 3.05) is 13.7 Å². The van der Waals surface area contributed by atoms with E-state index in [2.05, 4.69) is 21.9 Å². The van der Waals surface area contributed by atoms with Crippen molar-refractivity contribution in [3.05, 3.63) is 24.3 Å². The second-order valence-electron chi connectivity index (χ2n) is 4.10. The number of hydrogen-bond donors (Lipinski definition) is 1. The third kappa shape index (κ3) is 2.33. The summed E-state index contributed by atoms with van der Waals surface area (Å²) in [6, 6.07) is 2.63. The second-order valence-corrected chi connectivity index (χ2v) is 4.10. The van der Waals surface area contributed by atoms with Crippen LogP contribution in [0, 0.1) is 0 Å². The first kappa shape index (κ1) is 10.5. The summed E-state index contributed by atoms with van der Waals surface area (Å²) in [5.41, 5.74) is 0. The molecule has 4 nitrogen and oxygen atoms in total. The smallest absolute Gasteiger partial charge is 0.129 e. The molecule has 2 unspecified atom stereocenters. The molecule has 2 atom stereocenters. The summed E-state index contributed by atoms with van der Waals surface area (Å²) in [6.45, 7) is 0.253. The molecule has 0 aliphatic carbocycles. The average Bonchev–Trinajstić information content (AvgIpc) is 2.62. The van der Waals surface area contributed by atoms with E-state index in [1.807, 2.05) is 6.07 Å². The number of hydrogen-bond acceptors (Lipinski definition) is 4. The van der Waals surface area contributed by atoms with Crippen molar-refractivity contribution >= 4 is 0 Å². The van der Waals surface area contributed by atoms with Crippen LogP contribution in [0.5, 0.6) is 0 Å². The minimum atomic E-state index is 0.253. The van der Waals surface area contributed by atoms with Crippen LogP contribution in [0.3, 0.4) is 0 Å². The van der Waals surface area contributed by atoms with Crippen LogP contribution in [-0.2, 0) is 6.42 Å². The Morgan fingerprint density at radius 2 is 2.00 bits per heavy atom. The van der Waals surface area contributed by atoms with Gasteiger partial charge in [-0.1, -0.05) is 0 Å². The van der Waals surface area contributed by atoms with Gasteiger partial charge in [0.15, 0.2) is 0 Å². The number of aliphatic hydroxyl groups excluding tert-OH is 1. The minimum absolute atomic E-state index is 0.253. The monoisotopic (exact) mass is 207 g/mol. The molecule has 1 aromatic heterocycles. The van der Waals surface area contributed by atoms with Gasteiger partial charge in [0.25, 0.3) is 0 Å². The Morgan fingerprint density at radius 1 is 1.33 bits per heavy atom. The summed E-state index contributed by atoms with van der Waals surface area (Å²) in [5, 5.41) is 9.15. The number of rotatable bonds is 3. The molecule has 2 rings (SSSR count). The maximum Gasteiger partial charge on any atom is 0.129 e. The quantitative estimate of drug-likeness (QED) is 0.783. The summed E-state index contributed by atoms with van der Waals surface area (Å²) in [6.07, 6.45) is 6.64. The molecule has 0 aromatic carbocycles. The van der Waals surface area contributed by atoms with Crippen molar-refractivity contribution in [2.45, 2.75) is 31.3 Å². The molecular formula is C11H17N3O. The maximum absolute atomic E-state index is 9.15. The molecule has 82 valence electrons. The van der Waals surface area contributed by atoms with E-state index in [9.17, 15) is 0 Å². The standard InChI is InChI=1S/C11H17N3O/c1-14-9(3-4-10(14)8-15)7-11-12-5-2-6-13-11/h2,5-6,9-10,15H,3-4,7-8H2,1H3. The highest BCUT2D eigenvalue weighted by Crippen LogP contribution is 2.23. The van der Waals surface area contributed by atoms with Crippen LogP contribution in [0.1, 0.15) is 18.7 Å². The lowest BCUT2D eigenvalue weighted by atomic mass is 10.1. The maximum atomic E-state index is 9.15. The number of nitrogens with zero attached hydrogens (tertiary/aromatic N) is 3. The van der Waals surface area contributed by atoms with Crippen LogP contribution < -0.4 is 0 Å². The fourth-order valence-electron chi connectivity index (χ4n) is 2.20. The summed E-state index contributed by atoms with van der Waals surface area (Å²) in [5.74, 6) is 0.896. The molecule has 0 radical (unpaired) electrons. The zero-order valence-electron chi connectivity index (χ0n) is 9.00. The first-order valence-corrected chi connectivity index (χ1v) is 5.40. The van der Waals surface area contributed by atoms with Crippen LogP contribution in [-0.4, -0.2) is 45.7 Å². The molecule has 1 saturated heterocycles. The molecule has 1 aromatic rings. The van der Waals surface area contributed by atoms with Crippen LogP contribution >= 0.6 is 0 Å². The van der Waals surface area contributed by atoms with Gasteiger partial charge in [-0.3, -0.25) is 4.90 Å². The average molecular weight is 207 g/mol. The van der Waals surface area contributed by atoms with Crippen molar-refractivity contribution in [1.29, 1.82) is 0 Å². The third-order valence-electron chi connectivity index (χ3n) is 3.23. The van der Waals surface area contributed by atoms with E-state index in [0.29, 0.717) is 12.1 Å². The van der Waals surface area contributed by atoms with Crippen molar-refractivity contribution in [3.8, 4) is 0 Å². The zero-order chi connectivity index (χ0) is 10.7. The van der Waals surface area contributed by atoms with Gasteiger partial charge in [-0.05, 0) is 26.0 Å². The Kier molecular flexibility index (Phi) is 3.28. The molecule has 4 heteroatoms. The molecular weight excluding hydrogens is 190 g/mol. The largest absolute Gasteiger partial charge is 0.395 e. The summed E-state index contributed by atoms with van der Waals surface area (Å²) >= 11 is 0. The highest BCUT2D eigenvalue weighted by Gasteiger charge is 2.30. The Hall–Kier alpha value is -1.00. The third-order valence-corrected chi connectivity index (χ3v) is 3.23. The molecule has 0 spiro atoms. The van der Waals surface area contributed by atoms with Gasteiger partial charge in [-0.25, -0.2) is 9.97 Å². The lowest BCUT2D eigenvalue weighted by Gasteiger charge is -2.23. The predicted octanol–water partition coefficient (Wildman–Crippen LogP) is 0.474. The normalized spacial score (nSPS) is 27.1. The summed E-state index contributed by atoms with van der Waals surface area (Å²) in [4.78, 5) is 10.7. The van der Waals surface area contributed by atoms with E-state index in [4.69, 9.17) is 5.11 Å². The van der Waals surface area contributed by atoms with Gasteiger partial charge < -0.3 is 5.11 Å². The topological polar surface area (TPSA) is 49.2 Å². The molecule has 2 heterocycles. The highest BCUT2D eigenvalue weighted by atomic mass is 16.3. The lowest BCUT2D eigenvalue weighted by Crippen LogP contribution is -2.35. The SMILES string of the molecule is CN1C(CO)CCC1Cc1ncccn1. The predicted molar refractivity (Wildman–Crippen MR) is 57.4 cm³/mol. The molecule has 0 bridgehead atoms. The molecule has 1 aliphatic heterocycles. The van der Waals surface area contributed by atoms with Gasteiger partial charge in [0.05, 0.1) is 6.61 Å². The van der Waals surface area contributed by atoms with Gasteiger partial charge in [0, 0.05) is 30.9 Å². The van der Waals surface area contributed by atoms with Crippen LogP contribution in [0.2, 0.25) is 0 Å². The van der Waals surface area contributed by atoms with E-state index < -0.39 is 0 Å². The van der Waals surface area contributed by atoms with Crippen LogP contribution in [0.4, 0.5) is 0 Å². The Balaban J connectivity index is 1.96. The zero-order valence-corrected chi connectivity index (χ0v) is 9.00. The van der Waals surface area contributed by atoms with Gasteiger partial charge >= 0.3 is 0 Å². The van der Waals surface area contributed by atoms with Crippen molar-refractivity contribution in [2.24, 2.45) is 0 Å². The van der Waals surface area contributed by atoms with Gasteiger partial charge in [-0.15, -0.1) is 0 Å². The second kappa shape index (κ2) is 4.68. The van der Waals surface area contributed by atoms with Gasteiger partial charge in [-0.2, -0.15) is 0 Å². The van der Waals surface area contributed by atoms with E-state index in [-0.39, 0.29) is 6.61 Å². The Bertz CT molecular complexity index is 304. The Morgan fingerprint density at radius 3 is 2.60 bits per heavy atom. The fraction of sp³-hybridized carbons (Fsp3) is 0.636. The molecule has 15 heavy (non-hydrogen) atoms. The first-order valence-electron chi connectivity index (χ1n) is 5.40. The van der Waals surface area contributed by atoms with Crippen LogP contribution in [0.15, 0.2) is 18.5 Å². The lowest BCUT2D eigenvalue weighted by molar-refractivity contribution is 0.154. The molecule has 1 fully saturated rings. The highest BCUT2D eigenvalue weighted by molar-refractivity contribution is 4.95. The number of aliphatic hydroxyl groups is 1. The number of likely N-dealkylation sites (N-methyl/N-ethyl adjacent to an activating group) is 1. The van der Waals surface area contributed by atoms with Crippen molar-refractivity contribution in [1.82, 2.24) is 14.9 Å². The van der Waals surface area contributed by atoms with Gasteiger partial charge in [0.1, 0.15) is 5.82 Å². The molecule has 0 saturated carbocycles. The first-order chi connectivity index (χ1) is 7.31. The Labute approximate surface area is 90.0 Å². The van der Waals surface area contributed by atoms with E-state index in [1.165, 1.54) is 0 Å². The van der Waals surface area contributed by atoms with E-state index in [0.717, 1.165) is 25.1 Å². The number of aromatic nitrogens is 2. The molecule has 1 N–H and O–H groups in total. The molecule has 0 amide bonds.